The van der Waals surface area contributed by atoms with E-state index in [0.717, 1.165) is 25.3 Å². The number of benzene rings is 1. The molecule has 5 heteroatoms. The first-order valence-corrected chi connectivity index (χ1v) is 7.48. The van der Waals surface area contributed by atoms with E-state index in [1.54, 1.807) is 6.07 Å². The predicted octanol–water partition coefficient (Wildman–Crippen LogP) is 4.38. The van der Waals surface area contributed by atoms with Crippen molar-refractivity contribution in [2.45, 2.75) is 50.4 Å². The first kappa shape index (κ1) is 16.1. The van der Waals surface area contributed by atoms with Gasteiger partial charge in [-0.2, -0.15) is 13.2 Å². The zero-order chi connectivity index (χ0) is 15.5. The highest BCUT2D eigenvalue weighted by Crippen LogP contribution is 2.31. The summed E-state index contributed by atoms with van der Waals surface area (Å²) in [5.41, 5.74) is -0.0360. The highest BCUT2D eigenvalue weighted by Gasteiger charge is 2.31. The van der Waals surface area contributed by atoms with Crippen LogP contribution in [0.2, 0.25) is 0 Å². The monoisotopic (exact) mass is 300 g/mol. The first-order valence-electron chi connectivity index (χ1n) is 7.48. The maximum atomic E-state index is 12.8. The molecule has 118 valence electrons. The van der Waals surface area contributed by atoms with E-state index in [1.807, 2.05) is 14.1 Å². The summed E-state index contributed by atoms with van der Waals surface area (Å²) in [7, 11) is 4.08. The van der Waals surface area contributed by atoms with Gasteiger partial charge >= 0.3 is 6.18 Å². The molecule has 0 radical (unpaired) electrons. The van der Waals surface area contributed by atoms with Crippen molar-refractivity contribution in [3.63, 3.8) is 0 Å². The Kier molecular flexibility index (Phi) is 5.14. The zero-order valence-corrected chi connectivity index (χ0v) is 12.6. The van der Waals surface area contributed by atoms with E-state index in [1.165, 1.54) is 25.0 Å². The summed E-state index contributed by atoms with van der Waals surface area (Å²) in [5.74, 6) is 0. The number of halogens is 3. The minimum absolute atomic E-state index is 0.200. The van der Waals surface area contributed by atoms with Crippen molar-refractivity contribution in [3.05, 3.63) is 29.8 Å². The maximum absolute atomic E-state index is 12.8. The summed E-state index contributed by atoms with van der Waals surface area (Å²) >= 11 is 0. The molecule has 21 heavy (non-hydrogen) atoms. The van der Waals surface area contributed by atoms with Crippen molar-refractivity contribution in [2.75, 3.05) is 19.4 Å². The predicted molar refractivity (Wildman–Crippen MR) is 79.4 cm³/mol. The van der Waals surface area contributed by atoms with E-state index in [4.69, 9.17) is 0 Å². The van der Waals surface area contributed by atoms with Crippen LogP contribution >= 0.6 is 0 Å². The molecule has 1 aromatic carbocycles. The van der Waals surface area contributed by atoms with Crippen LogP contribution < -0.4 is 5.32 Å². The van der Waals surface area contributed by atoms with Crippen LogP contribution in [-0.4, -0.2) is 31.1 Å². The van der Waals surface area contributed by atoms with Gasteiger partial charge in [-0.15, -0.1) is 0 Å². The first-order chi connectivity index (χ1) is 9.88. The van der Waals surface area contributed by atoms with E-state index in [9.17, 15) is 13.2 Å². The van der Waals surface area contributed by atoms with Gasteiger partial charge in [0.25, 0.3) is 0 Å². The third-order valence-electron chi connectivity index (χ3n) is 4.18. The Balaban J connectivity index is 2.15. The smallest absolute Gasteiger partial charge is 0.381 e. The van der Waals surface area contributed by atoms with Crippen LogP contribution in [0.1, 0.15) is 37.7 Å². The second kappa shape index (κ2) is 6.69. The average Bonchev–Trinajstić information content (AvgIpc) is 2.63. The summed E-state index contributed by atoms with van der Waals surface area (Å²) in [6.45, 7) is 0. The molecule has 1 aliphatic rings. The van der Waals surface area contributed by atoms with Crippen molar-refractivity contribution in [1.29, 1.82) is 0 Å². The number of hydrogen-bond acceptors (Lipinski definition) is 2. The van der Waals surface area contributed by atoms with Gasteiger partial charge in [0.15, 0.2) is 0 Å². The lowest BCUT2D eigenvalue weighted by Gasteiger charge is -2.32. The molecule has 0 amide bonds. The largest absolute Gasteiger partial charge is 0.416 e. The van der Waals surface area contributed by atoms with Gasteiger partial charge in [0.1, 0.15) is 0 Å². The van der Waals surface area contributed by atoms with Crippen LogP contribution in [0.15, 0.2) is 24.3 Å². The Morgan fingerprint density at radius 3 is 2.48 bits per heavy atom. The number of nitrogens with one attached hydrogen (secondary N) is 1. The zero-order valence-electron chi connectivity index (χ0n) is 12.6. The minimum atomic E-state index is -4.29. The lowest BCUT2D eigenvalue weighted by molar-refractivity contribution is -0.137. The van der Waals surface area contributed by atoms with Gasteiger partial charge < -0.3 is 10.2 Å². The van der Waals surface area contributed by atoms with E-state index in [2.05, 4.69) is 10.2 Å². The molecule has 1 fully saturated rings. The molecule has 0 spiro atoms. The van der Waals surface area contributed by atoms with Crippen LogP contribution in [0.5, 0.6) is 0 Å². The lowest BCUT2D eigenvalue weighted by Crippen LogP contribution is -2.42. The lowest BCUT2D eigenvalue weighted by atomic mass is 10.0. The van der Waals surface area contributed by atoms with E-state index >= 15 is 0 Å². The van der Waals surface area contributed by atoms with Gasteiger partial charge in [-0.05, 0) is 45.1 Å². The normalized spacial score (nSPS) is 23.9. The number of anilines is 1. The molecule has 2 rings (SSSR count). The third kappa shape index (κ3) is 4.37. The molecule has 1 aliphatic carbocycles. The van der Waals surface area contributed by atoms with E-state index in [0.29, 0.717) is 11.7 Å². The summed E-state index contributed by atoms with van der Waals surface area (Å²) in [5, 5.41) is 3.32. The quantitative estimate of drug-likeness (QED) is 0.833. The summed E-state index contributed by atoms with van der Waals surface area (Å²) in [6.07, 6.45) is 1.31. The second-order valence-corrected chi connectivity index (χ2v) is 6.00. The summed E-state index contributed by atoms with van der Waals surface area (Å²) in [6, 6.07) is 6.06. The second-order valence-electron chi connectivity index (χ2n) is 6.00. The van der Waals surface area contributed by atoms with Crippen LogP contribution in [0.4, 0.5) is 18.9 Å². The topological polar surface area (TPSA) is 15.3 Å². The molecule has 0 bridgehead atoms. The molecule has 0 aliphatic heterocycles. The molecule has 1 N–H and O–H groups in total. The molecule has 2 unspecified atom stereocenters. The van der Waals surface area contributed by atoms with Gasteiger partial charge in [-0.25, -0.2) is 0 Å². The highest BCUT2D eigenvalue weighted by molar-refractivity contribution is 5.47. The number of alkyl halides is 3. The average molecular weight is 300 g/mol. The van der Waals surface area contributed by atoms with Crippen molar-refractivity contribution < 1.29 is 13.2 Å². The SMILES string of the molecule is CN(C)C1CCCCCC1Nc1cccc(C(F)(F)F)c1. The van der Waals surface area contributed by atoms with E-state index in [-0.39, 0.29) is 6.04 Å². The highest BCUT2D eigenvalue weighted by atomic mass is 19.4. The molecule has 0 heterocycles. The van der Waals surface area contributed by atoms with Crippen molar-refractivity contribution in [3.8, 4) is 0 Å². The van der Waals surface area contributed by atoms with Gasteiger partial charge in [0.2, 0.25) is 0 Å². The molecular weight excluding hydrogens is 277 g/mol. The number of likely N-dealkylation sites (N-methyl/N-ethyl adjacent to an activating group) is 1. The van der Waals surface area contributed by atoms with Gasteiger partial charge in [-0.1, -0.05) is 25.3 Å². The van der Waals surface area contributed by atoms with Crippen LogP contribution in [0.3, 0.4) is 0 Å². The molecule has 2 nitrogen and oxygen atoms in total. The van der Waals surface area contributed by atoms with Crippen LogP contribution in [-0.2, 0) is 6.18 Å². The molecule has 1 aromatic rings. The van der Waals surface area contributed by atoms with Crippen LogP contribution in [0.25, 0.3) is 0 Å². The fraction of sp³-hybridized carbons (Fsp3) is 0.625. The Morgan fingerprint density at radius 1 is 1.10 bits per heavy atom. The molecule has 0 aromatic heterocycles. The number of hydrogen-bond donors (Lipinski definition) is 1. The molecular formula is C16H23F3N2. The fourth-order valence-electron chi connectivity index (χ4n) is 3.07. The third-order valence-corrected chi connectivity index (χ3v) is 4.18. The van der Waals surface area contributed by atoms with Crippen molar-refractivity contribution in [2.24, 2.45) is 0 Å². The molecule has 2 atom stereocenters. The Morgan fingerprint density at radius 2 is 1.81 bits per heavy atom. The number of nitrogens with zero attached hydrogens (tertiary/aromatic N) is 1. The van der Waals surface area contributed by atoms with Gasteiger partial charge in [0.05, 0.1) is 5.56 Å². The fourth-order valence-corrected chi connectivity index (χ4v) is 3.07. The maximum Gasteiger partial charge on any atom is 0.416 e. The minimum Gasteiger partial charge on any atom is -0.381 e. The molecule has 0 saturated heterocycles. The Bertz CT molecular complexity index is 457. The van der Waals surface area contributed by atoms with Crippen molar-refractivity contribution in [1.82, 2.24) is 4.90 Å². The number of rotatable bonds is 3. The summed E-state index contributed by atoms with van der Waals surface area (Å²) in [4.78, 5) is 2.18. The van der Waals surface area contributed by atoms with E-state index < -0.39 is 11.7 Å². The van der Waals surface area contributed by atoms with Crippen molar-refractivity contribution >= 4 is 5.69 Å². The Labute approximate surface area is 124 Å². The van der Waals surface area contributed by atoms with Crippen LogP contribution in [0, 0.1) is 0 Å². The van der Waals surface area contributed by atoms with Gasteiger partial charge in [0, 0.05) is 17.8 Å². The van der Waals surface area contributed by atoms with Gasteiger partial charge in [-0.3, -0.25) is 0 Å². The Hall–Kier alpha value is -1.23. The standard InChI is InChI=1S/C16H23F3N2/c1-21(2)15-10-5-3-4-9-14(15)20-13-8-6-7-12(11-13)16(17,18)19/h6-8,11,14-15,20H,3-5,9-10H2,1-2H3. The molecule has 1 saturated carbocycles. The summed E-state index contributed by atoms with van der Waals surface area (Å²) < 4.78 is 38.3.